The first-order valence-electron chi connectivity index (χ1n) is 7.80. The second-order valence-electron chi connectivity index (χ2n) is 5.42. The highest BCUT2D eigenvalue weighted by Gasteiger charge is 2.16. The molecule has 24 heavy (non-hydrogen) atoms. The van der Waals surface area contributed by atoms with Crippen LogP contribution in [0.15, 0.2) is 58.8 Å². The predicted molar refractivity (Wildman–Crippen MR) is 94.2 cm³/mol. The van der Waals surface area contributed by atoms with Crippen molar-refractivity contribution >= 4 is 12.2 Å². The van der Waals surface area contributed by atoms with E-state index in [9.17, 15) is 14.7 Å². The standard InChI is InChI=1S/C19H24N2O3/c1-5-13(2)16(18(23)17-8-6-7-9-21-17)11-15(12-22)10-14(3)19(24)20-4/h6-12,18,23H,5H2,1-4H3,(H,20,24)/b14-10+,15-11+,16-13-. The van der Waals surface area contributed by atoms with Crippen LogP contribution in [0.3, 0.4) is 0 Å². The number of nitrogens with zero attached hydrogens (tertiary/aromatic N) is 1. The van der Waals surface area contributed by atoms with Crippen molar-refractivity contribution in [1.82, 2.24) is 10.3 Å². The Kier molecular flexibility index (Phi) is 7.79. The number of allylic oxidation sites excluding steroid dienone is 3. The molecule has 1 aromatic rings. The van der Waals surface area contributed by atoms with Gasteiger partial charge in [-0.1, -0.05) is 18.6 Å². The second-order valence-corrected chi connectivity index (χ2v) is 5.42. The fraction of sp³-hybridized carbons (Fsp3) is 0.316. The Morgan fingerprint density at radius 1 is 1.33 bits per heavy atom. The van der Waals surface area contributed by atoms with E-state index in [2.05, 4.69) is 10.3 Å². The molecular weight excluding hydrogens is 304 g/mol. The van der Waals surface area contributed by atoms with Gasteiger partial charge < -0.3 is 10.4 Å². The van der Waals surface area contributed by atoms with Gasteiger partial charge in [-0.25, -0.2) is 0 Å². The summed E-state index contributed by atoms with van der Waals surface area (Å²) in [6, 6.07) is 5.30. The number of carbonyl (C=O) groups is 2. The van der Waals surface area contributed by atoms with Gasteiger partial charge in [-0.2, -0.15) is 0 Å². The number of rotatable bonds is 7. The van der Waals surface area contributed by atoms with E-state index in [1.165, 1.54) is 13.1 Å². The van der Waals surface area contributed by atoms with Gasteiger partial charge in [0.15, 0.2) is 0 Å². The number of amides is 1. The number of aromatic nitrogens is 1. The van der Waals surface area contributed by atoms with Crippen LogP contribution in [0.1, 0.15) is 39.0 Å². The van der Waals surface area contributed by atoms with Crippen LogP contribution < -0.4 is 5.32 Å². The summed E-state index contributed by atoms with van der Waals surface area (Å²) in [7, 11) is 1.53. The van der Waals surface area contributed by atoms with Crippen molar-refractivity contribution in [3.05, 3.63) is 64.5 Å². The number of nitrogens with one attached hydrogen (secondary N) is 1. The third-order valence-electron chi connectivity index (χ3n) is 3.71. The van der Waals surface area contributed by atoms with E-state index in [1.54, 1.807) is 37.4 Å². The zero-order valence-electron chi connectivity index (χ0n) is 14.5. The van der Waals surface area contributed by atoms with E-state index < -0.39 is 6.10 Å². The van der Waals surface area contributed by atoms with Crippen molar-refractivity contribution in [3.8, 4) is 0 Å². The molecule has 0 saturated carbocycles. The number of hydrogen-bond acceptors (Lipinski definition) is 4. The van der Waals surface area contributed by atoms with Crippen molar-refractivity contribution < 1.29 is 14.7 Å². The Morgan fingerprint density at radius 2 is 2.04 bits per heavy atom. The van der Waals surface area contributed by atoms with Gasteiger partial charge in [-0.3, -0.25) is 14.6 Å². The largest absolute Gasteiger partial charge is 0.382 e. The first kappa shape index (κ1) is 19.5. The van der Waals surface area contributed by atoms with Crippen LogP contribution in [-0.2, 0) is 9.59 Å². The minimum absolute atomic E-state index is 0.259. The molecule has 5 nitrogen and oxygen atoms in total. The third-order valence-corrected chi connectivity index (χ3v) is 3.71. The van der Waals surface area contributed by atoms with Gasteiger partial charge in [0.05, 0.1) is 5.69 Å². The summed E-state index contributed by atoms with van der Waals surface area (Å²) in [5.41, 5.74) is 2.79. The van der Waals surface area contributed by atoms with E-state index >= 15 is 0 Å². The normalized spacial score (nSPS) is 14.7. The van der Waals surface area contributed by atoms with E-state index in [-0.39, 0.29) is 5.91 Å². The average Bonchev–Trinajstić information content (AvgIpc) is 2.63. The number of pyridine rings is 1. The first-order chi connectivity index (χ1) is 11.4. The molecule has 2 N–H and O–H groups in total. The quantitative estimate of drug-likeness (QED) is 0.458. The van der Waals surface area contributed by atoms with Crippen LogP contribution >= 0.6 is 0 Å². The fourth-order valence-electron chi connectivity index (χ4n) is 2.14. The maximum Gasteiger partial charge on any atom is 0.246 e. The van der Waals surface area contributed by atoms with Crippen LogP contribution in [0.25, 0.3) is 0 Å². The molecule has 0 aromatic carbocycles. The Hall–Kier alpha value is -2.53. The van der Waals surface area contributed by atoms with E-state index in [0.717, 1.165) is 12.0 Å². The lowest BCUT2D eigenvalue weighted by molar-refractivity contribution is -0.117. The second kappa shape index (κ2) is 9.57. The number of aliphatic hydroxyl groups is 1. The lowest BCUT2D eigenvalue weighted by Gasteiger charge is -2.15. The molecule has 0 aliphatic heterocycles. The summed E-state index contributed by atoms with van der Waals surface area (Å²) < 4.78 is 0. The van der Waals surface area contributed by atoms with Gasteiger partial charge in [-0.15, -0.1) is 0 Å². The molecule has 0 radical (unpaired) electrons. The van der Waals surface area contributed by atoms with Crippen molar-refractivity contribution in [1.29, 1.82) is 0 Å². The van der Waals surface area contributed by atoms with Crippen LogP contribution in [0, 0.1) is 0 Å². The summed E-state index contributed by atoms with van der Waals surface area (Å²) in [6.07, 6.45) is 5.17. The Morgan fingerprint density at radius 3 is 2.54 bits per heavy atom. The zero-order valence-corrected chi connectivity index (χ0v) is 14.5. The molecule has 0 saturated heterocycles. The molecule has 0 aliphatic carbocycles. The molecule has 128 valence electrons. The maximum atomic E-state index is 11.6. The van der Waals surface area contributed by atoms with Gasteiger partial charge in [-0.05, 0) is 50.1 Å². The highest BCUT2D eigenvalue weighted by molar-refractivity contribution is 5.95. The van der Waals surface area contributed by atoms with Crippen molar-refractivity contribution in [2.24, 2.45) is 0 Å². The van der Waals surface area contributed by atoms with Gasteiger partial charge in [0.25, 0.3) is 0 Å². The van der Waals surface area contributed by atoms with Crippen LogP contribution in [0.4, 0.5) is 0 Å². The van der Waals surface area contributed by atoms with Crippen LogP contribution in [0.2, 0.25) is 0 Å². The first-order valence-corrected chi connectivity index (χ1v) is 7.80. The highest BCUT2D eigenvalue weighted by Crippen LogP contribution is 2.26. The van der Waals surface area contributed by atoms with E-state index in [0.29, 0.717) is 28.7 Å². The minimum Gasteiger partial charge on any atom is -0.382 e. The van der Waals surface area contributed by atoms with Crippen molar-refractivity contribution in [2.45, 2.75) is 33.3 Å². The molecule has 0 aliphatic rings. The monoisotopic (exact) mass is 328 g/mol. The van der Waals surface area contributed by atoms with Gasteiger partial charge in [0, 0.05) is 24.4 Å². The molecule has 0 spiro atoms. The lowest BCUT2D eigenvalue weighted by atomic mass is 9.96. The van der Waals surface area contributed by atoms with Crippen LogP contribution in [-0.4, -0.2) is 29.3 Å². The molecule has 1 aromatic heterocycles. The zero-order chi connectivity index (χ0) is 18.1. The van der Waals surface area contributed by atoms with Gasteiger partial charge in [0.2, 0.25) is 5.91 Å². The Bertz CT molecular complexity index is 673. The smallest absolute Gasteiger partial charge is 0.246 e. The number of likely N-dealkylation sites (N-methyl/N-ethyl adjacent to an activating group) is 1. The van der Waals surface area contributed by atoms with Crippen molar-refractivity contribution in [3.63, 3.8) is 0 Å². The summed E-state index contributed by atoms with van der Waals surface area (Å²) in [5, 5.41) is 13.1. The van der Waals surface area contributed by atoms with Gasteiger partial charge >= 0.3 is 0 Å². The summed E-state index contributed by atoms with van der Waals surface area (Å²) in [4.78, 5) is 27.2. The van der Waals surface area contributed by atoms with E-state index in [4.69, 9.17) is 0 Å². The van der Waals surface area contributed by atoms with Crippen molar-refractivity contribution in [2.75, 3.05) is 7.05 Å². The molecular formula is C19H24N2O3. The average molecular weight is 328 g/mol. The lowest BCUT2D eigenvalue weighted by Crippen LogP contribution is -2.18. The highest BCUT2D eigenvalue weighted by atomic mass is 16.3. The predicted octanol–water partition coefficient (Wildman–Crippen LogP) is 2.66. The molecule has 0 bridgehead atoms. The maximum absolute atomic E-state index is 11.6. The Balaban J connectivity index is 3.31. The van der Waals surface area contributed by atoms with E-state index in [1.807, 2.05) is 13.8 Å². The molecule has 0 fully saturated rings. The molecule has 1 unspecified atom stereocenters. The molecule has 1 heterocycles. The molecule has 1 atom stereocenters. The number of aldehydes is 1. The minimum atomic E-state index is -0.935. The topological polar surface area (TPSA) is 79.3 Å². The molecule has 1 rings (SSSR count). The Labute approximate surface area is 142 Å². The summed E-state index contributed by atoms with van der Waals surface area (Å²) in [5.74, 6) is -0.259. The molecule has 1 amide bonds. The number of hydrogen-bond donors (Lipinski definition) is 2. The van der Waals surface area contributed by atoms with Crippen LogP contribution in [0.5, 0.6) is 0 Å². The summed E-state index contributed by atoms with van der Waals surface area (Å²) in [6.45, 7) is 5.50. The molecule has 5 heteroatoms. The number of aliphatic hydroxyl groups excluding tert-OH is 1. The number of carbonyl (C=O) groups excluding carboxylic acids is 2. The van der Waals surface area contributed by atoms with Gasteiger partial charge in [0.1, 0.15) is 12.4 Å². The fourth-order valence-corrected chi connectivity index (χ4v) is 2.14. The SMILES string of the molecule is CC/C(C)=C(/C=C(C=O)\C=C(/C)C(=O)NC)C(O)c1ccccn1. The third kappa shape index (κ3) is 5.28. The summed E-state index contributed by atoms with van der Waals surface area (Å²) >= 11 is 0.